The average Bonchev–Trinajstić information content (AvgIpc) is 3.44. The van der Waals surface area contributed by atoms with Gasteiger partial charge in [0.05, 0.1) is 11.6 Å². The van der Waals surface area contributed by atoms with Gasteiger partial charge in [0.1, 0.15) is 17.0 Å². The molecule has 0 amide bonds. The lowest BCUT2D eigenvalue weighted by Gasteiger charge is -2.21. The van der Waals surface area contributed by atoms with E-state index in [0.717, 1.165) is 60.5 Å². The predicted molar refractivity (Wildman–Crippen MR) is 128 cm³/mol. The third-order valence-corrected chi connectivity index (χ3v) is 8.04. The zero-order valence-electron chi connectivity index (χ0n) is 18.2. The lowest BCUT2D eigenvalue weighted by atomic mass is 9.89. The summed E-state index contributed by atoms with van der Waals surface area (Å²) in [6.07, 6.45) is 7.65. The van der Waals surface area contributed by atoms with Gasteiger partial charge in [0.25, 0.3) is 10.0 Å². The Hall–Kier alpha value is -3.31. The number of hydrogen-bond acceptors (Lipinski definition) is 7. The largest absolute Gasteiger partial charge is 0.420 e. The Morgan fingerprint density at radius 3 is 2.79 bits per heavy atom. The van der Waals surface area contributed by atoms with Crippen LogP contribution in [0.4, 0.5) is 9.52 Å². The molecular formula is C23H21FN4O4S2. The average molecular weight is 501 g/mol. The maximum absolute atomic E-state index is 15.1. The fraction of sp³-hybridized carbons (Fsp3) is 0.261. The number of rotatable bonds is 6. The van der Waals surface area contributed by atoms with Crippen molar-refractivity contribution in [1.29, 1.82) is 0 Å². The number of sulfonamides is 1. The third kappa shape index (κ3) is 4.05. The van der Waals surface area contributed by atoms with Crippen LogP contribution in [0, 0.1) is 5.82 Å². The van der Waals surface area contributed by atoms with E-state index in [9.17, 15) is 13.2 Å². The number of aromatic nitrogens is 3. The molecule has 176 valence electrons. The molecule has 2 heterocycles. The highest BCUT2D eigenvalue weighted by molar-refractivity contribution is 7.93. The first kappa shape index (κ1) is 22.5. The third-order valence-electron chi connectivity index (χ3n) is 5.97. The predicted octanol–water partition coefficient (Wildman–Crippen LogP) is 4.95. The Bertz CT molecular complexity index is 1560. The molecule has 1 aliphatic rings. The van der Waals surface area contributed by atoms with Gasteiger partial charge < -0.3 is 4.42 Å². The zero-order chi connectivity index (χ0) is 23.9. The Balaban J connectivity index is 1.59. The summed E-state index contributed by atoms with van der Waals surface area (Å²) >= 11 is 0.819. The number of fused-ring (bicyclic) bond motifs is 1. The van der Waals surface area contributed by atoms with Crippen molar-refractivity contribution in [1.82, 2.24) is 13.9 Å². The lowest BCUT2D eigenvalue weighted by molar-refractivity contribution is 0.489. The molecule has 2 aromatic carbocycles. The first-order valence-corrected chi connectivity index (χ1v) is 13.0. The van der Waals surface area contributed by atoms with Gasteiger partial charge in [-0.05, 0) is 49.3 Å². The molecule has 1 aliphatic carbocycles. The number of nitrogens with one attached hydrogen (secondary N) is 1. The van der Waals surface area contributed by atoms with Crippen LogP contribution in [0.25, 0.3) is 16.7 Å². The van der Waals surface area contributed by atoms with Crippen molar-refractivity contribution in [3.63, 3.8) is 0 Å². The summed E-state index contributed by atoms with van der Waals surface area (Å²) in [5.41, 5.74) is 3.35. The van der Waals surface area contributed by atoms with Crippen molar-refractivity contribution in [2.75, 3.05) is 4.72 Å². The normalized spacial score (nSPS) is 15.3. The molecule has 0 saturated heterocycles. The van der Waals surface area contributed by atoms with E-state index in [1.54, 1.807) is 0 Å². The molecular weight excluding hydrogens is 479 g/mol. The Labute approximate surface area is 199 Å². The molecule has 0 aliphatic heterocycles. The second-order valence-corrected chi connectivity index (χ2v) is 10.5. The van der Waals surface area contributed by atoms with Gasteiger partial charge in [0.2, 0.25) is 5.13 Å². The van der Waals surface area contributed by atoms with Crippen molar-refractivity contribution in [3.8, 4) is 0 Å². The molecule has 1 N–H and O–H groups in total. The van der Waals surface area contributed by atoms with Gasteiger partial charge in [-0.1, -0.05) is 30.3 Å². The molecule has 34 heavy (non-hydrogen) atoms. The standard InChI is InChI=1S/C23H21FN4O4S2/c1-14(16-9-5-6-10-17(16)15-7-3-2-4-8-15)28-19-11-18(24)21(12-20(19)32-23(28)29)34(30,31)27-22-25-13-26-33-22/h5-7,9-14H,2-4,8H2,1H3,(H,25,26,27)/t14-/m1/s1. The van der Waals surface area contributed by atoms with Gasteiger partial charge in [-0.15, -0.1) is 0 Å². The van der Waals surface area contributed by atoms with E-state index >= 15 is 4.39 Å². The second-order valence-electron chi connectivity index (χ2n) is 8.08. The second kappa shape index (κ2) is 8.80. The molecule has 5 rings (SSSR count). The summed E-state index contributed by atoms with van der Waals surface area (Å²) < 4.78 is 53.0. The van der Waals surface area contributed by atoms with Crippen LogP contribution in [-0.2, 0) is 10.0 Å². The van der Waals surface area contributed by atoms with Gasteiger partial charge >= 0.3 is 5.76 Å². The molecule has 0 spiro atoms. The summed E-state index contributed by atoms with van der Waals surface area (Å²) in [6.45, 7) is 1.85. The van der Waals surface area contributed by atoms with Crippen LogP contribution in [0.15, 0.2) is 62.9 Å². The van der Waals surface area contributed by atoms with E-state index < -0.39 is 32.5 Å². The van der Waals surface area contributed by atoms with Crippen LogP contribution in [-0.4, -0.2) is 22.3 Å². The van der Waals surface area contributed by atoms with Gasteiger partial charge in [-0.3, -0.25) is 9.29 Å². The summed E-state index contributed by atoms with van der Waals surface area (Å²) in [5.74, 6) is -1.70. The zero-order valence-corrected chi connectivity index (χ0v) is 19.8. The van der Waals surface area contributed by atoms with Crippen LogP contribution in [0.1, 0.15) is 49.8 Å². The smallest absolute Gasteiger partial charge is 0.408 e. The van der Waals surface area contributed by atoms with Crippen LogP contribution in [0.3, 0.4) is 0 Å². The van der Waals surface area contributed by atoms with Crippen LogP contribution in [0.5, 0.6) is 0 Å². The molecule has 0 unspecified atom stereocenters. The number of anilines is 1. The SMILES string of the molecule is C[C@H](c1ccccc1C1=CCCCC1)n1c(=O)oc2cc(S(=O)(=O)Nc3ncns3)c(F)cc21. The summed E-state index contributed by atoms with van der Waals surface area (Å²) in [4.78, 5) is 16.0. The summed E-state index contributed by atoms with van der Waals surface area (Å²) in [6, 6.07) is 9.41. The highest BCUT2D eigenvalue weighted by atomic mass is 32.2. The molecule has 11 heteroatoms. The molecule has 0 saturated carbocycles. The first-order chi connectivity index (χ1) is 16.3. The molecule has 1 atom stereocenters. The minimum atomic E-state index is -4.30. The fourth-order valence-corrected chi connectivity index (χ4v) is 6.11. The Morgan fingerprint density at radius 2 is 2.06 bits per heavy atom. The van der Waals surface area contributed by atoms with Crippen molar-refractivity contribution in [2.45, 2.75) is 43.5 Å². The van der Waals surface area contributed by atoms with Crippen molar-refractivity contribution in [2.24, 2.45) is 0 Å². The van der Waals surface area contributed by atoms with Gasteiger partial charge in [-0.25, -0.2) is 22.6 Å². The van der Waals surface area contributed by atoms with E-state index in [-0.39, 0.29) is 16.2 Å². The van der Waals surface area contributed by atoms with E-state index in [1.807, 2.05) is 31.2 Å². The maximum Gasteiger partial charge on any atom is 0.420 e. The number of benzene rings is 2. The maximum atomic E-state index is 15.1. The van der Waals surface area contributed by atoms with E-state index in [2.05, 4.69) is 20.2 Å². The van der Waals surface area contributed by atoms with Gasteiger partial charge in [0, 0.05) is 23.7 Å². The van der Waals surface area contributed by atoms with Crippen LogP contribution >= 0.6 is 11.5 Å². The summed E-state index contributed by atoms with van der Waals surface area (Å²) in [7, 11) is -4.30. The number of allylic oxidation sites excluding steroid dienone is 2. The van der Waals surface area contributed by atoms with Crippen LogP contribution < -0.4 is 10.5 Å². The minimum absolute atomic E-state index is 0.000710. The number of oxazole rings is 1. The molecule has 2 aromatic heterocycles. The molecule has 4 aromatic rings. The van der Waals surface area contributed by atoms with E-state index in [4.69, 9.17) is 4.42 Å². The van der Waals surface area contributed by atoms with Gasteiger partial charge in [-0.2, -0.15) is 4.37 Å². The van der Waals surface area contributed by atoms with Crippen molar-refractivity contribution in [3.05, 3.63) is 76.3 Å². The lowest BCUT2D eigenvalue weighted by Crippen LogP contribution is -2.20. The highest BCUT2D eigenvalue weighted by Crippen LogP contribution is 2.34. The van der Waals surface area contributed by atoms with Gasteiger partial charge in [0.15, 0.2) is 5.58 Å². The van der Waals surface area contributed by atoms with Crippen LogP contribution in [0.2, 0.25) is 0 Å². The van der Waals surface area contributed by atoms with Crippen molar-refractivity contribution < 1.29 is 17.2 Å². The topological polar surface area (TPSA) is 107 Å². The molecule has 0 radical (unpaired) electrons. The summed E-state index contributed by atoms with van der Waals surface area (Å²) in [5, 5.41) is 0.000710. The Morgan fingerprint density at radius 1 is 1.24 bits per heavy atom. The highest BCUT2D eigenvalue weighted by Gasteiger charge is 2.26. The molecule has 0 bridgehead atoms. The number of halogens is 1. The quantitative estimate of drug-likeness (QED) is 0.401. The Kier molecular flexibility index (Phi) is 5.82. The first-order valence-electron chi connectivity index (χ1n) is 10.8. The van der Waals surface area contributed by atoms with E-state index in [0.29, 0.717) is 0 Å². The monoisotopic (exact) mass is 500 g/mol. The minimum Gasteiger partial charge on any atom is -0.408 e. The number of hydrogen-bond donors (Lipinski definition) is 1. The fourth-order valence-electron chi connectivity index (χ4n) is 4.37. The molecule has 0 fully saturated rings. The number of nitrogens with zero attached hydrogens (tertiary/aromatic N) is 3. The van der Waals surface area contributed by atoms with Crippen molar-refractivity contribution >= 4 is 43.4 Å². The van der Waals surface area contributed by atoms with E-state index in [1.165, 1.54) is 16.5 Å². The molecule has 8 nitrogen and oxygen atoms in total.